The van der Waals surface area contributed by atoms with Gasteiger partial charge in [0.25, 0.3) is 10.0 Å². The number of nitrogens with zero attached hydrogens (tertiary/aromatic N) is 2. The van der Waals surface area contributed by atoms with E-state index in [1.54, 1.807) is 13.1 Å². The lowest BCUT2D eigenvalue weighted by molar-refractivity contribution is 0.594. The van der Waals surface area contributed by atoms with Crippen LogP contribution in [0.25, 0.3) is 0 Å². The van der Waals surface area contributed by atoms with E-state index < -0.39 is 15.8 Å². The monoisotopic (exact) mass is 295 g/mol. The van der Waals surface area contributed by atoms with Gasteiger partial charge in [-0.25, -0.2) is 17.8 Å². The molecular formula is C13H14FN3O2S. The summed E-state index contributed by atoms with van der Waals surface area (Å²) in [7, 11) is -0.754. The fourth-order valence-corrected chi connectivity index (χ4v) is 3.07. The van der Waals surface area contributed by atoms with Gasteiger partial charge in [0.2, 0.25) is 0 Å². The molecule has 0 amide bonds. The van der Waals surface area contributed by atoms with Gasteiger partial charge >= 0.3 is 0 Å². The quantitative estimate of drug-likeness (QED) is 0.938. The minimum Gasteiger partial charge on any atom is -0.372 e. The molecule has 0 bridgehead atoms. The summed E-state index contributed by atoms with van der Waals surface area (Å²) in [5, 5.41) is 2.74. The zero-order valence-electron chi connectivity index (χ0n) is 11.0. The highest BCUT2D eigenvalue weighted by Crippen LogP contribution is 2.25. The number of hydrogen-bond acceptors (Lipinski definition) is 4. The number of halogens is 1. The Morgan fingerprint density at radius 3 is 2.45 bits per heavy atom. The lowest BCUT2D eigenvalue weighted by atomic mass is 10.3. The normalized spacial score (nSPS) is 11.2. The summed E-state index contributed by atoms with van der Waals surface area (Å²) < 4.78 is 39.1. The highest BCUT2D eigenvalue weighted by atomic mass is 32.2. The summed E-state index contributed by atoms with van der Waals surface area (Å²) in [5.41, 5.74) is 0.373. The first-order chi connectivity index (χ1) is 9.46. The molecule has 0 atom stereocenters. The van der Waals surface area contributed by atoms with Crippen LogP contribution in [-0.4, -0.2) is 27.5 Å². The molecule has 2 aromatic rings. The molecule has 0 aliphatic rings. The van der Waals surface area contributed by atoms with Gasteiger partial charge in [0.05, 0.1) is 5.69 Å². The van der Waals surface area contributed by atoms with Crippen molar-refractivity contribution in [2.24, 2.45) is 0 Å². The van der Waals surface area contributed by atoms with Crippen molar-refractivity contribution in [2.45, 2.75) is 4.90 Å². The summed E-state index contributed by atoms with van der Waals surface area (Å²) in [4.78, 5) is 4.04. The van der Waals surface area contributed by atoms with Crippen LogP contribution < -0.4 is 9.62 Å². The number of anilines is 2. The van der Waals surface area contributed by atoms with E-state index in [1.807, 2.05) is 0 Å². The van der Waals surface area contributed by atoms with Crippen molar-refractivity contribution in [1.29, 1.82) is 0 Å². The topological polar surface area (TPSA) is 62.3 Å². The van der Waals surface area contributed by atoms with Gasteiger partial charge < -0.3 is 5.32 Å². The number of hydrogen-bond donors (Lipinski definition) is 1. The molecule has 1 aromatic carbocycles. The Balaban J connectivity index is 2.46. The molecule has 1 heterocycles. The SMILES string of the molecule is CNc1ncccc1S(=O)(=O)N(C)c1ccc(F)cc1. The van der Waals surface area contributed by atoms with E-state index in [4.69, 9.17) is 0 Å². The van der Waals surface area contributed by atoms with Crippen LogP contribution in [0.5, 0.6) is 0 Å². The van der Waals surface area contributed by atoms with E-state index >= 15 is 0 Å². The Hall–Kier alpha value is -2.15. The van der Waals surface area contributed by atoms with Crippen LogP contribution in [0.3, 0.4) is 0 Å². The molecule has 7 heteroatoms. The largest absolute Gasteiger partial charge is 0.372 e. The number of pyridine rings is 1. The second kappa shape index (κ2) is 5.46. The van der Waals surface area contributed by atoms with Gasteiger partial charge in [-0.3, -0.25) is 4.31 Å². The van der Waals surface area contributed by atoms with Crippen molar-refractivity contribution in [3.8, 4) is 0 Å². The van der Waals surface area contributed by atoms with Gasteiger partial charge in [-0.05, 0) is 36.4 Å². The van der Waals surface area contributed by atoms with Crippen LogP contribution in [-0.2, 0) is 10.0 Å². The zero-order valence-corrected chi connectivity index (χ0v) is 11.9. The van der Waals surface area contributed by atoms with E-state index in [2.05, 4.69) is 10.3 Å². The predicted molar refractivity (Wildman–Crippen MR) is 75.8 cm³/mol. The van der Waals surface area contributed by atoms with E-state index in [1.165, 1.54) is 43.6 Å². The third-order valence-corrected chi connectivity index (χ3v) is 4.65. The van der Waals surface area contributed by atoms with E-state index in [0.717, 1.165) is 4.31 Å². The van der Waals surface area contributed by atoms with Crippen LogP contribution in [0.15, 0.2) is 47.5 Å². The molecule has 1 aromatic heterocycles. The molecule has 5 nitrogen and oxygen atoms in total. The third-order valence-electron chi connectivity index (χ3n) is 2.84. The summed E-state index contributed by atoms with van der Waals surface area (Å²) in [6.45, 7) is 0. The summed E-state index contributed by atoms with van der Waals surface area (Å²) in [6, 6.07) is 8.25. The van der Waals surface area contributed by atoms with Crippen molar-refractivity contribution in [3.63, 3.8) is 0 Å². The molecule has 0 radical (unpaired) electrons. The van der Waals surface area contributed by atoms with Gasteiger partial charge in [0, 0.05) is 20.3 Å². The van der Waals surface area contributed by atoms with Gasteiger partial charge in [0.1, 0.15) is 16.5 Å². The zero-order chi connectivity index (χ0) is 14.8. The molecule has 0 unspecified atom stereocenters. The van der Waals surface area contributed by atoms with Crippen LogP contribution in [0.2, 0.25) is 0 Å². The van der Waals surface area contributed by atoms with Crippen molar-refractivity contribution in [2.75, 3.05) is 23.7 Å². The van der Waals surface area contributed by atoms with Crippen LogP contribution in [0.4, 0.5) is 15.9 Å². The Labute approximate surface area is 117 Å². The fourth-order valence-electron chi connectivity index (χ4n) is 1.72. The minimum absolute atomic E-state index is 0.0642. The average Bonchev–Trinajstić information content (AvgIpc) is 2.47. The number of rotatable bonds is 4. The Bertz CT molecular complexity index is 702. The molecule has 106 valence electrons. The molecule has 0 aliphatic heterocycles. The maximum absolute atomic E-state index is 12.9. The highest BCUT2D eigenvalue weighted by Gasteiger charge is 2.24. The molecule has 20 heavy (non-hydrogen) atoms. The minimum atomic E-state index is -3.76. The predicted octanol–water partition coefficient (Wildman–Crippen LogP) is 2.09. The van der Waals surface area contributed by atoms with Gasteiger partial charge in [-0.1, -0.05) is 0 Å². The standard InChI is InChI=1S/C13H14FN3O2S/c1-15-13-12(4-3-9-16-13)20(18,19)17(2)11-7-5-10(14)6-8-11/h3-9H,1-2H3,(H,15,16). The van der Waals surface area contributed by atoms with E-state index in [-0.39, 0.29) is 10.7 Å². The maximum atomic E-state index is 12.9. The summed E-state index contributed by atoms with van der Waals surface area (Å²) in [5.74, 6) is -0.154. The van der Waals surface area contributed by atoms with Crippen molar-refractivity contribution < 1.29 is 12.8 Å². The van der Waals surface area contributed by atoms with Crippen molar-refractivity contribution in [1.82, 2.24) is 4.98 Å². The van der Waals surface area contributed by atoms with Crippen LogP contribution in [0.1, 0.15) is 0 Å². The number of aromatic nitrogens is 1. The molecule has 0 spiro atoms. The average molecular weight is 295 g/mol. The third kappa shape index (κ3) is 2.57. The van der Waals surface area contributed by atoms with Crippen molar-refractivity contribution in [3.05, 3.63) is 48.4 Å². The number of nitrogens with one attached hydrogen (secondary N) is 1. The van der Waals surface area contributed by atoms with Crippen LogP contribution in [0, 0.1) is 5.82 Å². The Morgan fingerprint density at radius 2 is 1.85 bits per heavy atom. The first-order valence-electron chi connectivity index (χ1n) is 5.84. The molecule has 1 N–H and O–H groups in total. The molecule has 0 aliphatic carbocycles. The molecule has 0 fully saturated rings. The van der Waals surface area contributed by atoms with E-state index in [0.29, 0.717) is 5.69 Å². The second-order valence-corrected chi connectivity index (χ2v) is 5.99. The smallest absolute Gasteiger partial charge is 0.267 e. The first kappa shape index (κ1) is 14.3. The lowest BCUT2D eigenvalue weighted by Gasteiger charge is -2.20. The second-order valence-electron chi connectivity index (χ2n) is 4.05. The number of benzene rings is 1. The van der Waals surface area contributed by atoms with Crippen molar-refractivity contribution >= 4 is 21.5 Å². The van der Waals surface area contributed by atoms with Gasteiger partial charge in [0.15, 0.2) is 0 Å². The molecular weight excluding hydrogens is 281 g/mol. The Morgan fingerprint density at radius 1 is 1.20 bits per heavy atom. The van der Waals surface area contributed by atoms with Gasteiger partial charge in [-0.15, -0.1) is 0 Å². The van der Waals surface area contributed by atoms with Gasteiger partial charge in [-0.2, -0.15) is 0 Å². The fraction of sp³-hybridized carbons (Fsp3) is 0.154. The lowest BCUT2D eigenvalue weighted by Crippen LogP contribution is -2.27. The van der Waals surface area contributed by atoms with Crippen LogP contribution >= 0.6 is 0 Å². The molecule has 2 rings (SSSR count). The molecule has 0 saturated heterocycles. The number of sulfonamides is 1. The molecule has 0 saturated carbocycles. The first-order valence-corrected chi connectivity index (χ1v) is 7.28. The maximum Gasteiger partial charge on any atom is 0.267 e. The Kier molecular flexibility index (Phi) is 3.89. The summed E-state index contributed by atoms with van der Waals surface area (Å²) in [6.07, 6.45) is 1.50. The summed E-state index contributed by atoms with van der Waals surface area (Å²) >= 11 is 0. The highest BCUT2D eigenvalue weighted by molar-refractivity contribution is 7.93. The van der Waals surface area contributed by atoms with E-state index in [9.17, 15) is 12.8 Å².